The lowest BCUT2D eigenvalue weighted by atomic mass is 10.1. The molecule has 0 saturated carbocycles. The Balaban J connectivity index is 2.08. The molecule has 0 aromatic carbocycles. The molecule has 10 heteroatoms. The first kappa shape index (κ1) is 17.1. The van der Waals surface area contributed by atoms with Gasteiger partial charge in [0.15, 0.2) is 10.9 Å². The second-order valence-electron chi connectivity index (χ2n) is 5.22. The number of thiocarbonyl (C=S) groups is 1. The fourth-order valence-electron chi connectivity index (χ4n) is 2.28. The van der Waals surface area contributed by atoms with Gasteiger partial charge >= 0.3 is 0 Å². The SMILES string of the molecule is C=CCN1C(=O)/C(=C/c2c(C)noc2-c2snnc2C)C(=O)NC1=S. The van der Waals surface area contributed by atoms with Crippen LogP contribution in [0.5, 0.6) is 0 Å². The van der Waals surface area contributed by atoms with E-state index in [1.54, 1.807) is 13.8 Å². The van der Waals surface area contributed by atoms with Gasteiger partial charge in [-0.1, -0.05) is 15.7 Å². The Morgan fingerprint density at radius 1 is 1.36 bits per heavy atom. The normalized spacial score (nSPS) is 16.5. The van der Waals surface area contributed by atoms with Crippen LogP contribution in [0.25, 0.3) is 16.7 Å². The van der Waals surface area contributed by atoms with Crippen molar-refractivity contribution in [2.75, 3.05) is 6.54 Å². The summed E-state index contributed by atoms with van der Waals surface area (Å²) in [5.41, 5.74) is 1.69. The smallest absolute Gasteiger partial charge is 0.265 e. The predicted molar refractivity (Wildman–Crippen MR) is 95.5 cm³/mol. The lowest BCUT2D eigenvalue weighted by Gasteiger charge is -2.27. The zero-order valence-electron chi connectivity index (χ0n) is 13.4. The molecule has 0 unspecified atom stereocenters. The van der Waals surface area contributed by atoms with Crippen LogP contribution in [0, 0.1) is 13.8 Å². The molecule has 0 aliphatic carbocycles. The summed E-state index contributed by atoms with van der Waals surface area (Å²) in [7, 11) is 0. The number of aromatic nitrogens is 3. The van der Waals surface area contributed by atoms with E-state index in [1.807, 2.05) is 0 Å². The molecule has 1 N–H and O–H groups in total. The second kappa shape index (κ2) is 6.65. The molecule has 2 aromatic rings. The summed E-state index contributed by atoms with van der Waals surface area (Å²) in [6.45, 7) is 7.30. The van der Waals surface area contributed by atoms with E-state index in [9.17, 15) is 9.59 Å². The van der Waals surface area contributed by atoms with Crippen LogP contribution < -0.4 is 5.32 Å². The van der Waals surface area contributed by atoms with Crippen molar-refractivity contribution in [1.82, 2.24) is 25.0 Å². The highest BCUT2D eigenvalue weighted by Crippen LogP contribution is 2.32. The quantitative estimate of drug-likeness (QED) is 0.375. The minimum absolute atomic E-state index is 0.0526. The van der Waals surface area contributed by atoms with E-state index in [2.05, 4.69) is 26.6 Å². The maximum absolute atomic E-state index is 12.6. The Labute approximate surface area is 152 Å². The summed E-state index contributed by atoms with van der Waals surface area (Å²) in [5.74, 6) is -0.651. The number of carbonyl (C=O) groups is 2. The minimum Gasteiger partial charge on any atom is -0.354 e. The molecule has 3 rings (SSSR count). The Kier molecular flexibility index (Phi) is 4.55. The van der Waals surface area contributed by atoms with E-state index < -0.39 is 11.8 Å². The van der Waals surface area contributed by atoms with E-state index in [0.29, 0.717) is 27.6 Å². The van der Waals surface area contributed by atoms with Crippen molar-refractivity contribution < 1.29 is 14.1 Å². The maximum Gasteiger partial charge on any atom is 0.265 e. The number of rotatable bonds is 4. The monoisotopic (exact) mass is 375 g/mol. The molecule has 1 fully saturated rings. The van der Waals surface area contributed by atoms with Gasteiger partial charge in [-0.05, 0) is 43.7 Å². The van der Waals surface area contributed by atoms with Crippen LogP contribution in [-0.2, 0) is 9.59 Å². The molecule has 25 heavy (non-hydrogen) atoms. The van der Waals surface area contributed by atoms with Gasteiger partial charge in [0.1, 0.15) is 10.5 Å². The van der Waals surface area contributed by atoms with Gasteiger partial charge in [-0.3, -0.25) is 19.8 Å². The number of nitrogens with one attached hydrogen (secondary N) is 1. The van der Waals surface area contributed by atoms with Gasteiger partial charge in [0.05, 0.1) is 11.4 Å². The first-order valence-electron chi connectivity index (χ1n) is 7.19. The molecule has 128 valence electrons. The zero-order chi connectivity index (χ0) is 18.1. The number of aryl methyl sites for hydroxylation is 2. The highest BCUT2D eigenvalue weighted by molar-refractivity contribution is 7.80. The van der Waals surface area contributed by atoms with Crippen molar-refractivity contribution in [2.24, 2.45) is 0 Å². The van der Waals surface area contributed by atoms with Crippen molar-refractivity contribution in [2.45, 2.75) is 13.8 Å². The molecule has 8 nitrogen and oxygen atoms in total. The molecule has 0 spiro atoms. The van der Waals surface area contributed by atoms with Gasteiger partial charge in [-0.25, -0.2) is 0 Å². The number of amides is 2. The number of hydrogen-bond donors (Lipinski definition) is 1. The molecule has 0 radical (unpaired) electrons. The van der Waals surface area contributed by atoms with E-state index in [4.69, 9.17) is 16.7 Å². The predicted octanol–water partition coefficient (Wildman–Crippen LogP) is 1.62. The zero-order valence-corrected chi connectivity index (χ0v) is 15.0. The van der Waals surface area contributed by atoms with Gasteiger partial charge in [0, 0.05) is 12.1 Å². The first-order valence-corrected chi connectivity index (χ1v) is 8.37. The minimum atomic E-state index is -0.569. The molecule has 0 atom stereocenters. The molecule has 0 bridgehead atoms. The highest BCUT2D eigenvalue weighted by atomic mass is 32.1. The largest absolute Gasteiger partial charge is 0.354 e. The second-order valence-corrected chi connectivity index (χ2v) is 6.36. The molecule has 2 aromatic heterocycles. The molecule has 1 aliphatic rings. The fourth-order valence-corrected chi connectivity index (χ4v) is 3.18. The van der Waals surface area contributed by atoms with Crippen molar-refractivity contribution in [1.29, 1.82) is 0 Å². The van der Waals surface area contributed by atoms with Gasteiger partial charge in [-0.2, -0.15) is 0 Å². The van der Waals surface area contributed by atoms with Gasteiger partial charge in [-0.15, -0.1) is 11.7 Å². The average Bonchev–Trinajstić information content (AvgIpc) is 3.13. The highest BCUT2D eigenvalue weighted by Gasteiger charge is 2.33. The van der Waals surface area contributed by atoms with E-state index in [1.165, 1.54) is 17.1 Å². The van der Waals surface area contributed by atoms with Crippen LogP contribution >= 0.6 is 23.8 Å². The van der Waals surface area contributed by atoms with E-state index in [-0.39, 0.29) is 17.2 Å². The Morgan fingerprint density at radius 3 is 2.76 bits per heavy atom. The fraction of sp³-hybridized carbons (Fsp3) is 0.200. The standard InChI is InChI=1S/C15H13N5O3S2/c1-4-5-20-14(22)10(13(21)16-15(20)24)6-9-7(2)18-23-11(9)12-8(3)17-19-25-12/h4,6H,1,5H2,2-3H3,(H,16,21,24)/b10-6+. The Morgan fingerprint density at radius 2 is 2.12 bits per heavy atom. The van der Waals surface area contributed by atoms with Crippen LogP contribution in [0.15, 0.2) is 22.8 Å². The van der Waals surface area contributed by atoms with Crippen molar-refractivity contribution >= 4 is 46.8 Å². The third-order valence-electron chi connectivity index (χ3n) is 3.55. The summed E-state index contributed by atoms with van der Waals surface area (Å²) < 4.78 is 9.24. The van der Waals surface area contributed by atoms with Crippen LogP contribution in [0.3, 0.4) is 0 Å². The van der Waals surface area contributed by atoms with Crippen LogP contribution in [0.2, 0.25) is 0 Å². The lowest BCUT2D eigenvalue weighted by molar-refractivity contribution is -0.128. The van der Waals surface area contributed by atoms with Crippen LogP contribution in [-0.4, -0.2) is 43.1 Å². The van der Waals surface area contributed by atoms with Crippen LogP contribution in [0.1, 0.15) is 17.0 Å². The third kappa shape index (κ3) is 3.01. The number of carbonyl (C=O) groups excluding carboxylic acids is 2. The van der Waals surface area contributed by atoms with Crippen molar-refractivity contribution in [3.63, 3.8) is 0 Å². The molecular formula is C15H13N5O3S2. The molecule has 2 amide bonds. The van der Waals surface area contributed by atoms with Gasteiger partial charge < -0.3 is 4.52 Å². The van der Waals surface area contributed by atoms with E-state index in [0.717, 1.165) is 11.5 Å². The summed E-state index contributed by atoms with van der Waals surface area (Å²) >= 11 is 6.18. The molecule has 1 saturated heterocycles. The van der Waals surface area contributed by atoms with Crippen molar-refractivity contribution in [3.05, 3.63) is 35.2 Å². The number of hydrogen-bond acceptors (Lipinski definition) is 8. The third-order valence-corrected chi connectivity index (χ3v) is 4.70. The summed E-state index contributed by atoms with van der Waals surface area (Å²) in [4.78, 5) is 26.8. The maximum atomic E-state index is 12.6. The number of nitrogens with zero attached hydrogens (tertiary/aromatic N) is 4. The molecule has 3 heterocycles. The first-order chi connectivity index (χ1) is 11.9. The Hall–Kier alpha value is -2.72. The van der Waals surface area contributed by atoms with E-state index >= 15 is 0 Å². The molecular weight excluding hydrogens is 362 g/mol. The lowest BCUT2D eigenvalue weighted by Crippen LogP contribution is -2.53. The van der Waals surface area contributed by atoms with Crippen molar-refractivity contribution in [3.8, 4) is 10.6 Å². The summed E-state index contributed by atoms with van der Waals surface area (Å²) in [5, 5.41) is 10.4. The Bertz CT molecular complexity index is 927. The van der Waals surface area contributed by atoms with Crippen LogP contribution in [0.4, 0.5) is 0 Å². The van der Waals surface area contributed by atoms with Gasteiger partial charge in [0.25, 0.3) is 11.8 Å². The summed E-state index contributed by atoms with van der Waals surface area (Å²) in [6.07, 6.45) is 2.98. The molecule has 1 aliphatic heterocycles. The van der Waals surface area contributed by atoms with Gasteiger partial charge in [0.2, 0.25) is 0 Å². The average molecular weight is 375 g/mol. The topological polar surface area (TPSA) is 101 Å². The summed E-state index contributed by atoms with van der Waals surface area (Å²) in [6, 6.07) is 0.